The van der Waals surface area contributed by atoms with Crippen LogP contribution in [-0.4, -0.2) is 49.7 Å². The lowest BCUT2D eigenvalue weighted by Crippen LogP contribution is -2.31. The van der Waals surface area contributed by atoms with Gasteiger partial charge in [-0.1, -0.05) is 48.4 Å². The molecular formula is C21H27N7O2S. The molecule has 0 saturated carbocycles. The Morgan fingerprint density at radius 1 is 1.10 bits per heavy atom. The molecular weight excluding hydrogens is 414 g/mol. The molecule has 2 aromatic heterocycles. The van der Waals surface area contributed by atoms with Gasteiger partial charge in [-0.05, 0) is 38.3 Å². The van der Waals surface area contributed by atoms with Crippen LogP contribution in [0.4, 0.5) is 12.0 Å². The third-order valence-electron chi connectivity index (χ3n) is 5.06. The van der Waals surface area contributed by atoms with E-state index in [1.165, 1.54) is 23.7 Å². The van der Waals surface area contributed by atoms with E-state index in [2.05, 4.69) is 61.8 Å². The third-order valence-corrected chi connectivity index (χ3v) is 5.99. The number of nitrogens with one attached hydrogen (secondary N) is 1. The Labute approximate surface area is 185 Å². The first kappa shape index (κ1) is 21.4. The molecule has 31 heavy (non-hydrogen) atoms. The quantitative estimate of drug-likeness (QED) is 0.552. The van der Waals surface area contributed by atoms with E-state index in [4.69, 9.17) is 4.42 Å². The summed E-state index contributed by atoms with van der Waals surface area (Å²) in [5, 5.41) is 20.0. The zero-order valence-electron chi connectivity index (χ0n) is 18.0. The Morgan fingerprint density at radius 3 is 2.52 bits per heavy atom. The van der Waals surface area contributed by atoms with Gasteiger partial charge in [0.1, 0.15) is 0 Å². The highest BCUT2D eigenvalue weighted by Gasteiger charge is 2.22. The van der Waals surface area contributed by atoms with Crippen LogP contribution in [0.3, 0.4) is 0 Å². The van der Waals surface area contributed by atoms with Crippen LogP contribution >= 0.6 is 11.8 Å². The Morgan fingerprint density at radius 2 is 1.84 bits per heavy atom. The Kier molecular flexibility index (Phi) is 6.55. The van der Waals surface area contributed by atoms with Gasteiger partial charge in [-0.25, -0.2) is 0 Å². The van der Waals surface area contributed by atoms with E-state index in [0.29, 0.717) is 11.0 Å². The number of rotatable bonds is 7. The molecule has 1 aromatic carbocycles. The largest absolute Gasteiger partial charge is 0.408 e. The summed E-state index contributed by atoms with van der Waals surface area (Å²) in [6, 6.07) is 8.37. The van der Waals surface area contributed by atoms with E-state index in [0.717, 1.165) is 37.6 Å². The monoisotopic (exact) mass is 441 g/mol. The van der Waals surface area contributed by atoms with E-state index < -0.39 is 0 Å². The van der Waals surface area contributed by atoms with Gasteiger partial charge in [0.2, 0.25) is 17.7 Å². The molecule has 4 rings (SSSR count). The highest BCUT2D eigenvalue weighted by molar-refractivity contribution is 7.99. The first-order valence-corrected chi connectivity index (χ1v) is 11.5. The average molecular weight is 442 g/mol. The molecule has 0 spiro atoms. The number of amides is 1. The summed E-state index contributed by atoms with van der Waals surface area (Å²) in [5.74, 6) is 1.34. The summed E-state index contributed by atoms with van der Waals surface area (Å²) in [6.45, 7) is 7.89. The topological polar surface area (TPSA) is 102 Å². The van der Waals surface area contributed by atoms with Crippen LogP contribution in [0.2, 0.25) is 0 Å². The van der Waals surface area contributed by atoms with Crippen molar-refractivity contribution in [3.63, 3.8) is 0 Å². The van der Waals surface area contributed by atoms with Crippen molar-refractivity contribution in [1.29, 1.82) is 0 Å². The van der Waals surface area contributed by atoms with Gasteiger partial charge in [0.15, 0.2) is 5.16 Å². The molecule has 1 amide bonds. The van der Waals surface area contributed by atoms with Crippen molar-refractivity contribution in [2.45, 2.75) is 51.1 Å². The van der Waals surface area contributed by atoms with Crippen LogP contribution in [0.5, 0.6) is 0 Å². The maximum Gasteiger partial charge on any atom is 0.322 e. The van der Waals surface area contributed by atoms with Crippen LogP contribution in [0, 0.1) is 6.92 Å². The van der Waals surface area contributed by atoms with Gasteiger partial charge in [-0.2, -0.15) is 0 Å². The fraction of sp³-hybridized carbons (Fsp3) is 0.476. The van der Waals surface area contributed by atoms with Gasteiger partial charge in [-0.3, -0.25) is 14.7 Å². The van der Waals surface area contributed by atoms with Crippen molar-refractivity contribution in [3.05, 3.63) is 35.7 Å². The fourth-order valence-corrected chi connectivity index (χ4v) is 4.13. The number of carbonyl (C=O) groups is 1. The molecule has 10 heteroatoms. The second-order valence-electron chi connectivity index (χ2n) is 7.94. The SMILES string of the molecule is Cc1ccc(-n2c(SCC(=O)Nc3nnc(C(C)C)o3)nnc2N2CCCCC2)cc1. The number of aromatic nitrogens is 5. The summed E-state index contributed by atoms with van der Waals surface area (Å²) in [5.41, 5.74) is 2.17. The minimum absolute atomic E-state index is 0.105. The van der Waals surface area contributed by atoms with E-state index in [9.17, 15) is 4.79 Å². The molecule has 9 nitrogen and oxygen atoms in total. The number of hydrogen-bond acceptors (Lipinski definition) is 8. The molecule has 1 fully saturated rings. The van der Waals surface area contributed by atoms with Crippen LogP contribution in [0.25, 0.3) is 5.69 Å². The zero-order valence-corrected chi connectivity index (χ0v) is 18.9. The number of hydrogen-bond donors (Lipinski definition) is 1. The van der Waals surface area contributed by atoms with Crippen molar-refractivity contribution in [2.75, 3.05) is 29.1 Å². The molecule has 164 valence electrons. The standard InChI is InChI=1S/C21H27N7O2S/c1-14(2)18-23-24-19(30-18)22-17(29)13-31-21-26-25-20(27-11-5-4-6-12-27)28(21)16-9-7-15(3)8-10-16/h7-10,14H,4-6,11-13H2,1-3H3,(H,22,24,29). The highest BCUT2D eigenvalue weighted by atomic mass is 32.2. The maximum absolute atomic E-state index is 12.4. The highest BCUT2D eigenvalue weighted by Crippen LogP contribution is 2.28. The molecule has 1 aliphatic rings. The summed E-state index contributed by atoms with van der Waals surface area (Å²) in [6.07, 6.45) is 3.54. The van der Waals surface area contributed by atoms with Crippen LogP contribution in [0.1, 0.15) is 50.5 Å². The van der Waals surface area contributed by atoms with E-state index >= 15 is 0 Å². The lowest BCUT2D eigenvalue weighted by atomic mass is 10.1. The lowest BCUT2D eigenvalue weighted by Gasteiger charge is -2.27. The molecule has 0 radical (unpaired) electrons. The normalized spacial score (nSPS) is 14.3. The predicted octanol–water partition coefficient (Wildman–Crippen LogP) is 3.80. The van der Waals surface area contributed by atoms with Crippen LogP contribution in [0.15, 0.2) is 33.8 Å². The number of thioether (sulfide) groups is 1. The Balaban J connectivity index is 1.51. The molecule has 1 saturated heterocycles. The van der Waals surface area contributed by atoms with Crippen molar-refractivity contribution in [1.82, 2.24) is 25.0 Å². The first-order valence-electron chi connectivity index (χ1n) is 10.5. The zero-order chi connectivity index (χ0) is 21.8. The number of carbonyl (C=O) groups excluding carboxylic acids is 1. The predicted molar refractivity (Wildman–Crippen MR) is 120 cm³/mol. The molecule has 0 atom stereocenters. The number of anilines is 2. The lowest BCUT2D eigenvalue weighted by molar-refractivity contribution is -0.113. The van der Waals surface area contributed by atoms with Gasteiger partial charge < -0.3 is 9.32 Å². The minimum Gasteiger partial charge on any atom is -0.408 e. The number of aryl methyl sites for hydroxylation is 1. The van der Waals surface area contributed by atoms with E-state index in [1.807, 2.05) is 18.4 Å². The van der Waals surface area contributed by atoms with Gasteiger partial charge in [0.25, 0.3) is 0 Å². The molecule has 0 bridgehead atoms. The van der Waals surface area contributed by atoms with Crippen molar-refractivity contribution >= 4 is 29.6 Å². The van der Waals surface area contributed by atoms with Crippen LogP contribution in [-0.2, 0) is 4.79 Å². The van der Waals surface area contributed by atoms with Gasteiger partial charge in [0, 0.05) is 19.0 Å². The second kappa shape index (κ2) is 9.51. The second-order valence-corrected chi connectivity index (χ2v) is 8.88. The maximum atomic E-state index is 12.4. The molecule has 1 aliphatic heterocycles. The van der Waals surface area contributed by atoms with E-state index in [1.54, 1.807) is 0 Å². The Hall–Kier alpha value is -2.88. The van der Waals surface area contributed by atoms with E-state index in [-0.39, 0.29) is 23.6 Å². The first-order chi connectivity index (χ1) is 15.0. The molecule has 3 aromatic rings. The number of piperidine rings is 1. The van der Waals surface area contributed by atoms with Gasteiger partial charge in [0.05, 0.1) is 11.4 Å². The molecule has 1 N–H and O–H groups in total. The van der Waals surface area contributed by atoms with Crippen molar-refractivity contribution in [3.8, 4) is 5.69 Å². The summed E-state index contributed by atoms with van der Waals surface area (Å²) in [4.78, 5) is 14.7. The summed E-state index contributed by atoms with van der Waals surface area (Å²) < 4.78 is 7.49. The minimum atomic E-state index is -0.234. The Bertz CT molecular complexity index is 1020. The van der Waals surface area contributed by atoms with Crippen molar-refractivity contribution in [2.24, 2.45) is 0 Å². The number of benzene rings is 1. The third kappa shape index (κ3) is 5.07. The molecule has 0 unspecified atom stereocenters. The number of nitrogens with zero attached hydrogens (tertiary/aromatic N) is 6. The van der Waals surface area contributed by atoms with Crippen molar-refractivity contribution < 1.29 is 9.21 Å². The molecule has 3 heterocycles. The summed E-state index contributed by atoms with van der Waals surface area (Å²) in [7, 11) is 0. The average Bonchev–Trinajstić information content (AvgIpc) is 3.41. The van der Waals surface area contributed by atoms with Crippen LogP contribution < -0.4 is 10.2 Å². The summed E-state index contributed by atoms with van der Waals surface area (Å²) >= 11 is 1.33. The van der Waals surface area contributed by atoms with Gasteiger partial charge in [-0.15, -0.1) is 15.3 Å². The molecule has 0 aliphatic carbocycles. The smallest absolute Gasteiger partial charge is 0.322 e. The fourth-order valence-electron chi connectivity index (χ4n) is 3.38. The van der Waals surface area contributed by atoms with Gasteiger partial charge >= 0.3 is 6.01 Å².